The van der Waals surface area contributed by atoms with Gasteiger partial charge in [0, 0.05) is 11.6 Å². The van der Waals surface area contributed by atoms with Crippen LogP contribution < -0.4 is 10.1 Å². The Bertz CT molecular complexity index is 920. The summed E-state index contributed by atoms with van der Waals surface area (Å²) in [5.74, 6) is 1.13. The molecule has 0 aliphatic rings. The van der Waals surface area contributed by atoms with Gasteiger partial charge in [0.15, 0.2) is 0 Å². The normalized spacial score (nSPS) is 11.6. The average Bonchev–Trinajstić information content (AvgIpc) is 2.76. The van der Waals surface area contributed by atoms with E-state index in [-0.39, 0.29) is 0 Å². The molecule has 150 valence electrons. The molecule has 0 aliphatic heterocycles. The molecular formula is C22H23N3O3S. The van der Waals surface area contributed by atoms with Gasteiger partial charge in [-0.3, -0.25) is 0 Å². The summed E-state index contributed by atoms with van der Waals surface area (Å²) < 4.78 is 5.81. The number of benzene rings is 2. The number of carboxylic acids is 1. The Hall–Kier alpha value is -3.06. The second-order valence-electron chi connectivity index (χ2n) is 6.40. The fourth-order valence-corrected chi connectivity index (χ4v) is 3.20. The number of ether oxygens (including phenoxy) is 1. The largest absolute Gasteiger partial charge is 0.489 e. The summed E-state index contributed by atoms with van der Waals surface area (Å²) in [7, 11) is 0. The summed E-state index contributed by atoms with van der Waals surface area (Å²) in [6.07, 6.45) is 3.91. The third-order valence-corrected chi connectivity index (χ3v) is 4.94. The SMILES string of the molecule is CSCCC(Nc1cc(-c2ccc(OCc3ccccc3)cc2)ncn1)C(=O)O. The lowest BCUT2D eigenvalue weighted by Crippen LogP contribution is -2.30. The summed E-state index contributed by atoms with van der Waals surface area (Å²) in [5, 5.41) is 12.4. The topological polar surface area (TPSA) is 84.3 Å². The Kier molecular flexibility index (Phi) is 7.47. The van der Waals surface area contributed by atoms with E-state index in [1.807, 2.05) is 60.9 Å². The fraction of sp³-hybridized carbons (Fsp3) is 0.227. The van der Waals surface area contributed by atoms with Crippen LogP contribution in [-0.2, 0) is 11.4 Å². The Morgan fingerprint density at radius 3 is 2.59 bits per heavy atom. The lowest BCUT2D eigenvalue weighted by molar-refractivity contribution is -0.137. The van der Waals surface area contributed by atoms with Crippen molar-refractivity contribution in [1.82, 2.24) is 9.97 Å². The maximum Gasteiger partial charge on any atom is 0.326 e. The summed E-state index contributed by atoms with van der Waals surface area (Å²) >= 11 is 1.61. The first kappa shape index (κ1) is 20.7. The zero-order chi connectivity index (χ0) is 20.5. The van der Waals surface area contributed by atoms with Crippen molar-refractivity contribution in [2.24, 2.45) is 0 Å². The quantitative estimate of drug-likeness (QED) is 0.515. The van der Waals surface area contributed by atoms with Crippen molar-refractivity contribution < 1.29 is 14.6 Å². The van der Waals surface area contributed by atoms with Crippen LogP contribution in [0.4, 0.5) is 5.82 Å². The first-order valence-electron chi connectivity index (χ1n) is 9.23. The van der Waals surface area contributed by atoms with Gasteiger partial charge < -0.3 is 15.2 Å². The number of nitrogens with one attached hydrogen (secondary N) is 1. The van der Waals surface area contributed by atoms with E-state index in [0.717, 1.165) is 22.6 Å². The van der Waals surface area contributed by atoms with Crippen molar-refractivity contribution in [3.63, 3.8) is 0 Å². The molecule has 2 aromatic carbocycles. The lowest BCUT2D eigenvalue weighted by atomic mass is 10.1. The van der Waals surface area contributed by atoms with E-state index in [1.54, 1.807) is 17.8 Å². The van der Waals surface area contributed by atoms with Crippen molar-refractivity contribution >= 4 is 23.5 Å². The molecule has 0 saturated heterocycles. The lowest BCUT2D eigenvalue weighted by Gasteiger charge is -2.15. The highest BCUT2D eigenvalue weighted by atomic mass is 32.2. The molecule has 1 atom stereocenters. The van der Waals surface area contributed by atoms with Crippen LogP contribution in [0, 0.1) is 0 Å². The van der Waals surface area contributed by atoms with Crippen molar-refractivity contribution in [3.8, 4) is 17.0 Å². The van der Waals surface area contributed by atoms with Crippen LogP contribution in [-0.4, -0.2) is 39.1 Å². The number of hydrogen-bond donors (Lipinski definition) is 2. The molecule has 1 unspecified atom stereocenters. The first-order valence-corrected chi connectivity index (χ1v) is 10.6. The molecule has 1 aromatic heterocycles. The molecule has 0 amide bonds. The van der Waals surface area contributed by atoms with Gasteiger partial charge in [0.2, 0.25) is 0 Å². The molecule has 6 nitrogen and oxygen atoms in total. The van der Waals surface area contributed by atoms with Crippen molar-refractivity contribution in [1.29, 1.82) is 0 Å². The van der Waals surface area contributed by atoms with E-state index in [1.165, 1.54) is 6.33 Å². The Morgan fingerprint density at radius 2 is 1.90 bits per heavy atom. The summed E-state index contributed by atoms with van der Waals surface area (Å²) in [5.41, 5.74) is 2.72. The molecule has 0 saturated carbocycles. The second-order valence-corrected chi connectivity index (χ2v) is 7.39. The molecular weight excluding hydrogens is 386 g/mol. The molecule has 1 heterocycles. The van der Waals surface area contributed by atoms with Crippen LogP contribution in [0.1, 0.15) is 12.0 Å². The standard InChI is InChI=1S/C22H23N3O3S/c1-29-12-11-19(22(26)27)25-21-13-20(23-15-24-21)17-7-9-18(10-8-17)28-14-16-5-3-2-4-6-16/h2-10,13,15,19H,11-12,14H2,1H3,(H,26,27)(H,23,24,25). The second kappa shape index (κ2) is 10.5. The molecule has 0 aliphatic carbocycles. The van der Waals surface area contributed by atoms with Crippen LogP contribution >= 0.6 is 11.8 Å². The van der Waals surface area contributed by atoms with Crippen molar-refractivity contribution in [2.75, 3.05) is 17.3 Å². The van der Waals surface area contributed by atoms with E-state index in [4.69, 9.17) is 4.74 Å². The van der Waals surface area contributed by atoms with Gasteiger partial charge in [0.1, 0.15) is 30.5 Å². The number of carbonyl (C=O) groups is 1. The van der Waals surface area contributed by atoms with Gasteiger partial charge in [0.25, 0.3) is 0 Å². The minimum Gasteiger partial charge on any atom is -0.489 e. The maximum absolute atomic E-state index is 11.4. The number of carboxylic acid groups (broad SMARTS) is 1. The third kappa shape index (κ3) is 6.22. The monoisotopic (exact) mass is 409 g/mol. The van der Waals surface area contributed by atoms with E-state index >= 15 is 0 Å². The first-order chi connectivity index (χ1) is 14.2. The minimum absolute atomic E-state index is 0.493. The summed E-state index contributed by atoms with van der Waals surface area (Å²) in [6.45, 7) is 0.508. The van der Waals surface area contributed by atoms with Crippen LogP contribution in [0.5, 0.6) is 5.75 Å². The molecule has 29 heavy (non-hydrogen) atoms. The van der Waals surface area contributed by atoms with Gasteiger partial charge in [-0.1, -0.05) is 30.3 Å². The van der Waals surface area contributed by atoms with Gasteiger partial charge in [-0.2, -0.15) is 11.8 Å². The van der Waals surface area contributed by atoms with Gasteiger partial charge in [-0.15, -0.1) is 0 Å². The zero-order valence-corrected chi connectivity index (χ0v) is 16.9. The molecule has 0 bridgehead atoms. The predicted octanol–water partition coefficient (Wildman–Crippen LogP) is 4.34. The number of anilines is 1. The molecule has 7 heteroatoms. The molecule has 2 N–H and O–H groups in total. The zero-order valence-electron chi connectivity index (χ0n) is 16.1. The average molecular weight is 410 g/mol. The van der Waals surface area contributed by atoms with E-state index < -0.39 is 12.0 Å². The highest BCUT2D eigenvalue weighted by Gasteiger charge is 2.17. The molecule has 3 aromatic rings. The molecule has 0 fully saturated rings. The van der Waals surface area contributed by atoms with Gasteiger partial charge in [-0.25, -0.2) is 14.8 Å². The Morgan fingerprint density at radius 1 is 1.14 bits per heavy atom. The molecule has 0 spiro atoms. The summed E-state index contributed by atoms with van der Waals surface area (Å²) in [6, 6.07) is 18.7. The van der Waals surface area contributed by atoms with Gasteiger partial charge >= 0.3 is 5.97 Å². The minimum atomic E-state index is -0.890. The smallest absolute Gasteiger partial charge is 0.326 e. The fourth-order valence-electron chi connectivity index (χ4n) is 2.73. The number of rotatable bonds is 10. The maximum atomic E-state index is 11.4. The number of hydrogen-bond acceptors (Lipinski definition) is 6. The van der Waals surface area contributed by atoms with Crippen LogP contribution in [0.15, 0.2) is 67.0 Å². The molecule has 0 radical (unpaired) electrons. The van der Waals surface area contributed by atoms with Crippen molar-refractivity contribution in [2.45, 2.75) is 19.1 Å². The van der Waals surface area contributed by atoms with E-state index in [2.05, 4.69) is 15.3 Å². The summed E-state index contributed by atoms with van der Waals surface area (Å²) in [4.78, 5) is 19.9. The van der Waals surface area contributed by atoms with E-state index in [0.29, 0.717) is 24.5 Å². The number of nitrogens with zero attached hydrogens (tertiary/aromatic N) is 2. The Balaban J connectivity index is 1.65. The van der Waals surface area contributed by atoms with Crippen LogP contribution in [0.3, 0.4) is 0 Å². The number of aliphatic carboxylic acids is 1. The highest BCUT2D eigenvalue weighted by Crippen LogP contribution is 2.23. The van der Waals surface area contributed by atoms with Gasteiger partial charge in [0.05, 0.1) is 5.69 Å². The highest BCUT2D eigenvalue weighted by molar-refractivity contribution is 7.98. The Labute approximate surface area is 174 Å². The molecule has 3 rings (SSSR count). The van der Waals surface area contributed by atoms with Crippen LogP contribution in [0.2, 0.25) is 0 Å². The van der Waals surface area contributed by atoms with Crippen molar-refractivity contribution in [3.05, 3.63) is 72.6 Å². The van der Waals surface area contributed by atoms with Gasteiger partial charge in [-0.05, 0) is 48.3 Å². The number of thioether (sulfide) groups is 1. The number of aromatic nitrogens is 2. The van der Waals surface area contributed by atoms with Crippen LogP contribution in [0.25, 0.3) is 11.3 Å². The van der Waals surface area contributed by atoms with E-state index in [9.17, 15) is 9.90 Å². The third-order valence-electron chi connectivity index (χ3n) is 4.30. The predicted molar refractivity (Wildman–Crippen MR) is 116 cm³/mol.